The van der Waals surface area contributed by atoms with E-state index in [0.717, 1.165) is 44.6 Å². The summed E-state index contributed by atoms with van der Waals surface area (Å²) in [6, 6.07) is 20.9. The third-order valence-electron chi connectivity index (χ3n) is 5.71. The molecule has 1 aliphatic heterocycles. The molecule has 2 aromatic carbocycles. The first-order valence-corrected chi connectivity index (χ1v) is 11.3. The molecular formula is C25H28N2OS. The molecule has 0 saturated carbocycles. The fourth-order valence-corrected chi connectivity index (χ4v) is 4.60. The monoisotopic (exact) mass is 404 g/mol. The Morgan fingerprint density at radius 3 is 2.34 bits per heavy atom. The summed E-state index contributed by atoms with van der Waals surface area (Å²) in [6.07, 6.45) is 2.78. The summed E-state index contributed by atoms with van der Waals surface area (Å²) >= 11 is 1.77. The standard InChI is InChI=1S/C25H28N2OS/c28-25(16-20-6-8-24(9-7-20)23-4-2-1-3-5-23)26-17-21-10-13-27(14-11-21)18-22-12-15-29-19-22/h1-9,12,15,19,21H,10-11,13-14,16-18H2,(H,26,28). The molecule has 150 valence electrons. The van der Waals surface area contributed by atoms with Gasteiger partial charge in [-0.2, -0.15) is 11.3 Å². The zero-order valence-corrected chi connectivity index (χ0v) is 17.5. The van der Waals surface area contributed by atoms with Gasteiger partial charge in [-0.3, -0.25) is 9.69 Å². The molecule has 0 spiro atoms. The van der Waals surface area contributed by atoms with Gasteiger partial charge in [0.1, 0.15) is 0 Å². The van der Waals surface area contributed by atoms with Crippen molar-refractivity contribution < 1.29 is 4.79 Å². The number of carbonyl (C=O) groups is 1. The zero-order valence-electron chi connectivity index (χ0n) is 16.7. The summed E-state index contributed by atoms with van der Waals surface area (Å²) in [5.74, 6) is 0.719. The number of carbonyl (C=O) groups excluding carboxylic acids is 1. The lowest BCUT2D eigenvalue weighted by Gasteiger charge is -2.31. The maximum Gasteiger partial charge on any atom is 0.224 e. The van der Waals surface area contributed by atoms with Crippen molar-refractivity contribution in [2.24, 2.45) is 5.92 Å². The van der Waals surface area contributed by atoms with Crippen molar-refractivity contribution in [1.82, 2.24) is 10.2 Å². The van der Waals surface area contributed by atoms with Gasteiger partial charge in [0.25, 0.3) is 0 Å². The van der Waals surface area contributed by atoms with E-state index in [9.17, 15) is 4.79 Å². The fourth-order valence-electron chi connectivity index (χ4n) is 3.94. The topological polar surface area (TPSA) is 32.3 Å². The highest BCUT2D eigenvalue weighted by molar-refractivity contribution is 7.07. The quantitative estimate of drug-likeness (QED) is 0.602. The first-order valence-electron chi connectivity index (χ1n) is 10.4. The van der Waals surface area contributed by atoms with Crippen LogP contribution >= 0.6 is 11.3 Å². The third kappa shape index (κ3) is 5.78. The van der Waals surface area contributed by atoms with Crippen molar-refractivity contribution in [3.05, 3.63) is 82.6 Å². The fraction of sp³-hybridized carbons (Fsp3) is 0.320. The van der Waals surface area contributed by atoms with E-state index >= 15 is 0 Å². The summed E-state index contributed by atoms with van der Waals surface area (Å²) in [5, 5.41) is 7.53. The van der Waals surface area contributed by atoms with Crippen LogP contribution in [0.4, 0.5) is 0 Å². The second-order valence-electron chi connectivity index (χ2n) is 7.89. The summed E-state index contributed by atoms with van der Waals surface area (Å²) in [5.41, 5.74) is 4.87. The molecule has 1 saturated heterocycles. The molecule has 4 rings (SSSR count). The van der Waals surface area contributed by atoms with Gasteiger partial charge in [0, 0.05) is 13.1 Å². The Morgan fingerprint density at radius 1 is 0.931 bits per heavy atom. The van der Waals surface area contributed by atoms with Crippen molar-refractivity contribution in [3.63, 3.8) is 0 Å². The van der Waals surface area contributed by atoms with Gasteiger partial charge in [-0.15, -0.1) is 0 Å². The number of amides is 1. The highest BCUT2D eigenvalue weighted by Gasteiger charge is 2.19. The second kappa shape index (κ2) is 9.86. The Bertz CT molecular complexity index is 882. The summed E-state index contributed by atoms with van der Waals surface area (Å²) < 4.78 is 0. The molecule has 4 heteroatoms. The van der Waals surface area contributed by atoms with E-state index < -0.39 is 0 Å². The smallest absolute Gasteiger partial charge is 0.224 e. The number of benzene rings is 2. The van der Waals surface area contributed by atoms with Crippen molar-refractivity contribution in [2.45, 2.75) is 25.8 Å². The molecule has 1 fully saturated rings. The van der Waals surface area contributed by atoms with E-state index in [2.05, 4.69) is 63.4 Å². The van der Waals surface area contributed by atoms with Gasteiger partial charge < -0.3 is 5.32 Å². The minimum atomic E-state index is 0.123. The van der Waals surface area contributed by atoms with Gasteiger partial charge in [0.15, 0.2) is 0 Å². The molecular weight excluding hydrogens is 376 g/mol. The van der Waals surface area contributed by atoms with Crippen molar-refractivity contribution in [1.29, 1.82) is 0 Å². The van der Waals surface area contributed by atoms with Crippen LogP contribution < -0.4 is 5.32 Å². The van der Waals surface area contributed by atoms with Crippen LogP contribution in [0.25, 0.3) is 11.1 Å². The second-order valence-corrected chi connectivity index (χ2v) is 8.67. The third-order valence-corrected chi connectivity index (χ3v) is 6.44. The van der Waals surface area contributed by atoms with Crippen LogP contribution in [0.1, 0.15) is 24.0 Å². The van der Waals surface area contributed by atoms with Crippen LogP contribution in [0.15, 0.2) is 71.4 Å². The number of hydrogen-bond donors (Lipinski definition) is 1. The molecule has 0 unspecified atom stereocenters. The van der Waals surface area contributed by atoms with Gasteiger partial charge >= 0.3 is 0 Å². The zero-order chi connectivity index (χ0) is 19.9. The molecule has 1 amide bonds. The molecule has 1 aromatic heterocycles. The van der Waals surface area contributed by atoms with Crippen molar-refractivity contribution in [2.75, 3.05) is 19.6 Å². The Labute approximate surface area is 177 Å². The largest absolute Gasteiger partial charge is 0.356 e. The van der Waals surface area contributed by atoms with E-state index in [0.29, 0.717) is 12.3 Å². The molecule has 3 nitrogen and oxygen atoms in total. The highest BCUT2D eigenvalue weighted by atomic mass is 32.1. The van der Waals surface area contributed by atoms with E-state index in [-0.39, 0.29) is 5.91 Å². The average molecular weight is 405 g/mol. The van der Waals surface area contributed by atoms with E-state index in [1.165, 1.54) is 16.7 Å². The molecule has 0 atom stereocenters. The average Bonchev–Trinajstić information content (AvgIpc) is 3.27. The number of thiophene rings is 1. The summed E-state index contributed by atoms with van der Waals surface area (Å²) in [6.45, 7) is 4.10. The maximum atomic E-state index is 12.4. The predicted octanol–water partition coefficient (Wildman–Crippen LogP) is 4.99. The number of nitrogens with zero attached hydrogens (tertiary/aromatic N) is 1. The van der Waals surface area contributed by atoms with Gasteiger partial charge in [0.2, 0.25) is 5.91 Å². The number of likely N-dealkylation sites (tertiary alicyclic amines) is 1. The minimum absolute atomic E-state index is 0.123. The molecule has 2 heterocycles. The number of nitrogens with one attached hydrogen (secondary N) is 1. The lowest BCUT2D eigenvalue weighted by Crippen LogP contribution is -2.38. The molecule has 3 aromatic rings. The first-order chi connectivity index (χ1) is 14.3. The Kier molecular flexibility index (Phi) is 6.75. The van der Waals surface area contributed by atoms with Gasteiger partial charge in [-0.05, 0) is 70.9 Å². The molecule has 0 aliphatic carbocycles. The van der Waals surface area contributed by atoms with Crippen LogP contribution in [0.3, 0.4) is 0 Å². The van der Waals surface area contributed by atoms with E-state index in [1.54, 1.807) is 11.3 Å². The van der Waals surface area contributed by atoms with Gasteiger partial charge in [-0.1, -0.05) is 54.6 Å². The molecule has 1 N–H and O–H groups in total. The molecule has 0 radical (unpaired) electrons. The molecule has 0 bridgehead atoms. The minimum Gasteiger partial charge on any atom is -0.356 e. The van der Waals surface area contributed by atoms with Crippen LogP contribution in [0.2, 0.25) is 0 Å². The lowest BCUT2D eigenvalue weighted by atomic mass is 9.96. The SMILES string of the molecule is O=C(Cc1ccc(-c2ccccc2)cc1)NCC1CCN(Cc2ccsc2)CC1. The van der Waals surface area contributed by atoms with Gasteiger partial charge in [-0.25, -0.2) is 0 Å². The van der Waals surface area contributed by atoms with Crippen LogP contribution in [-0.2, 0) is 17.8 Å². The number of hydrogen-bond acceptors (Lipinski definition) is 3. The number of rotatable bonds is 7. The number of piperidine rings is 1. The predicted molar refractivity (Wildman–Crippen MR) is 121 cm³/mol. The molecule has 29 heavy (non-hydrogen) atoms. The Balaban J connectivity index is 1.19. The summed E-state index contributed by atoms with van der Waals surface area (Å²) in [4.78, 5) is 14.9. The highest BCUT2D eigenvalue weighted by Crippen LogP contribution is 2.20. The van der Waals surface area contributed by atoms with Crippen molar-refractivity contribution in [3.8, 4) is 11.1 Å². The van der Waals surface area contributed by atoms with E-state index in [4.69, 9.17) is 0 Å². The van der Waals surface area contributed by atoms with Gasteiger partial charge in [0.05, 0.1) is 6.42 Å². The first kappa shape index (κ1) is 19.9. The normalized spacial score (nSPS) is 15.3. The van der Waals surface area contributed by atoms with Crippen LogP contribution in [0, 0.1) is 5.92 Å². The maximum absolute atomic E-state index is 12.4. The Hall–Kier alpha value is -2.43. The molecule has 1 aliphatic rings. The van der Waals surface area contributed by atoms with E-state index in [1.807, 2.05) is 18.2 Å². The summed E-state index contributed by atoms with van der Waals surface area (Å²) in [7, 11) is 0. The van der Waals surface area contributed by atoms with Crippen molar-refractivity contribution >= 4 is 17.2 Å². The van der Waals surface area contributed by atoms with Crippen LogP contribution in [0.5, 0.6) is 0 Å². The van der Waals surface area contributed by atoms with Crippen LogP contribution in [-0.4, -0.2) is 30.4 Å². The lowest BCUT2D eigenvalue weighted by molar-refractivity contribution is -0.120. The Morgan fingerprint density at radius 2 is 1.66 bits per heavy atom.